The molecule has 0 spiro atoms. The molecule has 1 rings (SSSR count). The molecule has 0 radical (unpaired) electrons. The molecule has 21 heavy (non-hydrogen) atoms. The van der Waals surface area contributed by atoms with Gasteiger partial charge in [-0.2, -0.15) is 0 Å². The molecule has 122 valence electrons. The summed E-state index contributed by atoms with van der Waals surface area (Å²) in [5, 5.41) is 0. The van der Waals surface area contributed by atoms with Crippen LogP contribution in [0.1, 0.15) is 105 Å². The van der Waals surface area contributed by atoms with Crippen LogP contribution >= 0.6 is 0 Å². The van der Waals surface area contributed by atoms with E-state index in [1.807, 2.05) is 0 Å². The molecule has 1 N–H and O–H groups in total. The van der Waals surface area contributed by atoms with Crippen LogP contribution in [-0.2, 0) is 10.8 Å². The van der Waals surface area contributed by atoms with Gasteiger partial charge in [-0.25, -0.2) is 4.98 Å². The summed E-state index contributed by atoms with van der Waals surface area (Å²) >= 11 is 0. The Bertz CT molecular complexity index is 452. The first kappa shape index (κ1) is 18.3. The molecule has 0 saturated carbocycles. The number of aromatic amines is 1. The molecule has 1 heterocycles. The molecule has 1 aromatic heterocycles. The summed E-state index contributed by atoms with van der Waals surface area (Å²) in [6.45, 7) is 20.7. The molecule has 0 saturated heterocycles. The average Bonchev–Trinajstić information content (AvgIpc) is 2.84. The first-order valence-corrected chi connectivity index (χ1v) is 8.67. The third kappa shape index (κ3) is 3.90. The molecule has 1 atom stereocenters. The monoisotopic (exact) mass is 292 g/mol. The summed E-state index contributed by atoms with van der Waals surface area (Å²) in [6, 6.07) is 0. The summed E-state index contributed by atoms with van der Waals surface area (Å²) in [7, 11) is 0. The Kier molecular flexibility index (Phi) is 5.69. The topological polar surface area (TPSA) is 28.7 Å². The molecular weight excluding hydrogens is 256 g/mol. The van der Waals surface area contributed by atoms with Crippen molar-refractivity contribution in [3.05, 3.63) is 17.2 Å². The molecule has 0 amide bonds. The largest absolute Gasteiger partial charge is 0.345 e. The lowest BCUT2D eigenvalue weighted by Crippen LogP contribution is -2.21. The van der Waals surface area contributed by atoms with E-state index in [9.17, 15) is 0 Å². The molecule has 0 aliphatic carbocycles. The van der Waals surface area contributed by atoms with Crippen molar-refractivity contribution in [2.45, 2.75) is 98.3 Å². The summed E-state index contributed by atoms with van der Waals surface area (Å²) in [5.74, 6) is 2.31. The van der Waals surface area contributed by atoms with Crippen LogP contribution in [-0.4, -0.2) is 9.97 Å². The third-order valence-electron chi connectivity index (χ3n) is 5.23. The van der Waals surface area contributed by atoms with E-state index in [1.165, 1.54) is 30.1 Å². The van der Waals surface area contributed by atoms with Crippen LogP contribution in [0.5, 0.6) is 0 Å². The highest BCUT2D eigenvalue weighted by Gasteiger charge is 2.32. The second kappa shape index (κ2) is 6.54. The van der Waals surface area contributed by atoms with E-state index in [0.717, 1.165) is 6.42 Å². The van der Waals surface area contributed by atoms with Gasteiger partial charge in [0.25, 0.3) is 0 Å². The standard InChI is InChI=1S/C19H36N2/c1-10-12-19(8,9)17-20-15(14(5)13(3)4)16(21-17)18(6,7)11-2/h13-14H,10-12H2,1-9H3,(H,20,21). The number of aromatic nitrogens is 2. The van der Waals surface area contributed by atoms with Gasteiger partial charge in [-0.15, -0.1) is 0 Å². The first-order chi connectivity index (χ1) is 9.56. The van der Waals surface area contributed by atoms with Gasteiger partial charge in [-0.3, -0.25) is 0 Å². The van der Waals surface area contributed by atoms with E-state index in [-0.39, 0.29) is 10.8 Å². The van der Waals surface area contributed by atoms with Crippen molar-refractivity contribution in [1.29, 1.82) is 0 Å². The zero-order valence-electron chi connectivity index (χ0n) is 15.7. The minimum absolute atomic E-state index is 0.127. The Morgan fingerprint density at radius 3 is 2.00 bits per heavy atom. The van der Waals surface area contributed by atoms with Crippen LogP contribution in [0, 0.1) is 5.92 Å². The summed E-state index contributed by atoms with van der Waals surface area (Å²) in [6.07, 6.45) is 3.47. The fourth-order valence-corrected chi connectivity index (χ4v) is 2.80. The van der Waals surface area contributed by atoms with Gasteiger partial charge >= 0.3 is 0 Å². The van der Waals surface area contributed by atoms with Gasteiger partial charge in [0.05, 0.1) is 5.69 Å². The van der Waals surface area contributed by atoms with Gasteiger partial charge in [0.15, 0.2) is 0 Å². The maximum absolute atomic E-state index is 5.09. The van der Waals surface area contributed by atoms with Crippen LogP contribution in [0.25, 0.3) is 0 Å². The predicted octanol–water partition coefficient (Wildman–Crippen LogP) is 5.93. The van der Waals surface area contributed by atoms with Crippen molar-refractivity contribution < 1.29 is 0 Å². The maximum Gasteiger partial charge on any atom is 0.112 e. The van der Waals surface area contributed by atoms with E-state index in [2.05, 4.69) is 67.3 Å². The van der Waals surface area contributed by atoms with Crippen molar-refractivity contribution in [3.63, 3.8) is 0 Å². The number of imidazole rings is 1. The van der Waals surface area contributed by atoms with Crippen molar-refractivity contribution in [2.75, 3.05) is 0 Å². The Morgan fingerprint density at radius 2 is 1.57 bits per heavy atom. The van der Waals surface area contributed by atoms with Crippen molar-refractivity contribution in [1.82, 2.24) is 9.97 Å². The number of hydrogen-bond acceptors (Lipinski definition) is 1. The molecular formula is C19H36N2. The lowest BCUT2D eigenvalue weighted by Gasteiger charge is -2.25. The summed E-state index contributed by atoms with van der Waals surface area (Å²) in [5.41, 5.74) is 2.90. The molecule has 2 nitrogen and oxygen atoms in total. The molecule has 0 bridgehead atoms. The maximum atomic E-state index is 5.09. The second-order valence-electron chi connectivity index (χ2n) is 8.25. The number of nitrogens with one attached hydrogen (secondary N) is 1. The molecule has 0 fully saturated rings. The van der Waals surface area contributed by atoms with Gasteiger partial charge in [0, 0.05) is 22.4 Å². The van der Waals surface area contributed by atoms with Crippen molar-refractivity contribution in [3.8, 4) is 0 Å². The van der Waals surface area contributed by atoms with E-state index in [0.29, 0.717) is 11.8 Å². The zero-order chi connectivity index (χ0) is 16.4. The minimum Gasteiger partial charge on any atom is -0.345 e. The zero-order valence-corrected chi connectivity index (χ0v) is 15.7. The van der Waals surface area contributed by atoms with Crippen molar-refractivity contribution >= 4 is 0 Å². The highest BCUT2D eigenvalue weighted by molar-refractivity contribution is 5.28. The predicted molar refractivity (Wildman–Crippen MR) is 93.1 cm³/mol. The Hall–Kier alpha value is -0.790. The van der Waals surface area contributed by atoms with Gasteiger partial charge < -0.3 is 4.98 Å². The van der Waals surface area contributed by atoms with Gasteiger partial charge in [-0.05, 0) is 18.8 Å². The fourth-order valence-electron chi connectivity index (χ4n) is 2.80. The highest BCUT2D eigenvalue weighted by Crippen LogP contribution is 2.37. The van der Waals surface area contributed by atoms with Crippen molar-refractivity contribution in [2.24, 2.45) is 5.92 Å². The highest BCUT2D eigenvalue weighted by atomic mass is 15.0. The second-order valence-corrected chi connectivity index (χ2v) is 8.25. The minimum atomic E-state index is 0.127. The number of rotatable bonds is 7. The summed E-state index contributed by atoms with van der Waals surface area (Å²) in [4.78, 5) is 8.81. The normalized spacial score (nSPS) is 14.8. The van der Waals surface area contributed by atoms with Gasteiger partial charge in [0.2, 0.25) is 0 Å². The van der Waals surface area contributed by atoms with Crippen LogP contribution < -0.4 is 0 Å². The molecule has 0 aliphatic heterocycles. The third-order valence-corrected chi connectivity index (χ3v) is 5.23. The number of nitrogens with zero attached hydrogens (tertiary/aromatic N) is 1. The molecule has 2 heteroatoms. The lowest BCUT2D eigenvalue weighted by atomic mass is 9.81. The van der Waals surface area contributed by atoms with E-state index < -0.39 is 0 Å². The SMILES string of the molecule is CCCC(C)(C)c1nc(C(C)(C)CC)c(C(C)C(C)C)[nH]1. The van der Waals surface area contributed by atoms with Crippen LogP contribution in [0.15, 0.2) is 0 Å². The van der Waals surface area contributed by atoms with Gasteiger partial charge in [-0.1, -0.05) is 68.7 Å². The number of H-pyrrole nitrogens is 1. The van der Waals surface area contributed by atoms with Gasteiger partial charge in [0.1, 0.15) is 5.82 Å². The van der Waals surface area contributed by atoms with Crippen LogP contribution in [0.4, 0.5) is 0 Å². The van der Waals surface area contributed by atoms with Crippen LogP contribution in [0.2, 0.25) is 0 Å². The molecule has 1 unspecified atom stereocenters. The molecule has 0 aromatic carbocycles. The molecule has 1 aromatic rings. The smallest absolute Gasteiger partial charge is 0.112 e. The van der Waals surface area contributed by atoms with E-state index >= 15 is 0 Å². The Morgan fingerprint density at radius 1 is 1.00 bits per heavy atom. The summed E-state index contributed by atoms with van der Waals surface area (Å²) < 4.78 is 0. The van der Waals surface area contributed by atoms with E-state index in [4.69, 9.17) is 4.98 Å². The Labute approximate surface area is 132 Å². The Balaban J connectivity index is 3.38. The van der Waals surface area contributed by atoms with Crippen LogP contribution in [0.3, 0.4) is 0 Å². The quantitative estimate of drug-likeness (QED) is 0.662. The molecule has 0 aliphatic rings. The van der Waals surface area contributed by atoms with E-state index in [1.54, 1.807) is 0 Å². The lowest BCUT2D eigenvalue weighted by molar-refractivity contribution is 0.441. The number of hydrogen-bond donors (Lipinski definition) is 1. The first-order valence-electron chi connectivity index (χ1n) is 8.67. The fraction of sp³-hybridized carbons (Fsp3) is 0.842. The average molecular weight is 293 g/mol.